The normalized spacial score (nSPS) is 18.2. The SMILES string of the molecule is CSCC[C@H](NC(=O)CN(Cc1cccc2ccccc12)C[C@@H]1CCCN1C(=O)CN)C(=O)OC1CCCCC1.Cl. The quantitative estimate of drug-likeness (QED) is 0.331. The standard InChI is InChI=1S/C31H44N4O4S.ClH/c1-40-18-16-28(31(38)39-26-13-3-2-4-14-26)33-29(36)22-34(21-25-12-8-17-35(25)30(37)19-32)20-24-11-7-10-23-9-5-6-15-27(23)24;/h5-7,9-11,15,25-26,28H,2-4,8,12-14,16-22,32H2,1H3,(H,33,36);1H/t25-,28-;/m0./s1. The van der Waals surface area contributed by atoms with Gasteiger partial charge in [-0.2, -0.15) is 11.8 Å². The highest BCUT2D eigenvalue weighted by Crippen LogP contribution is 2.24. The first-order chi connectivity index (χ1) is 19.5. The molecule has 1 aliphatic heterocycles. The lowest BCUT2D eigenvalue weighted by atomic mass is 9.98. The molecule has 2 aromatic rings. The number of benzene rings is 2. The minimum atomic E-state index is -0.664. The van der Waals surface area contributed by atoms with Gasteiger partial charge in [-0.05, 0) is 73.3 Å². The van der Waals surface area contributed by atoms with Crippen molar-refractivity contribution in [1.82, 2.24) is 15.1 Å². The number of nitrogens with one attached hydrogen (secondary N) is 1. The molecule has 2 fully saturated rings. The van der Waals surface area contributed by atoms with Crippen LogP contribution in [0.15, 0.2) is 42.5 Å². The molecule has 1 aliphatic carbocycles. The number of nitrogens with two attached hydrogens (primary N) is 1. The fourth-order valence-corrected chi connectivity index (χ4v) is 6.45. The summed E-state index contributed by atoms with van der Waals surface area (Å²) in [7, 11) is 0. The first kappa shape index (κ1) is 33.2. The fourth-order valence-electron chi connectivity index (χ4n) is 5.98. The van der Waals surface area contributed by atoms with E-state index in [1.54, 1.807) is 11.8 Å². The van der Waals surface area contributed by atoms with Gasteiger partial charge in [0, 0.05) is 25.7 Å². The Morgan fingerprint density at radius 3 is 2.59 bits per heavy atom. The second kappa shape index (κ2) is 16.9. The van der Waals surface area contributed by atoms with Crippen molar-refractivity contribution in [2.75, 3.05) is 38.2 Å². The number of halogens is 1. The van der Waals surface area contributed by atoms with Crippen LogP contribution in [0, 0.1) is 0 Å². The molecule has 2 aromatic carbocycles. The number of hydrogen-bond donors (Lipinski definition) is 2. The highest BCUT2D eigenvalue weighted by atomic mass is 35.5. The molecule has 0 aromatic heterocycles. The summed E-state index contributed by atoms with van der Waals surface area (Å²) >= 11 is 1.65. The predicted octanol–water partition coefficient (Wildman–Crippen LogP) is 4.13. The zero-order valence-electron chi connectivity index (χ0n) is 24.1. The molecule has 0 unspecified atom stereocenters. The van der Waals surface area contributed by atoms with Crippen molar-refractivity contribution in [3.8, 4) is 0 Å². The molecule has 8 nitrogen and oxygen atoms in total. The van der Waals surface area contributed by atoms with Crippen molar-refractivity contribution < 1.29 is 19.1 Å². The molecule has 1 heterocycles. The first-order valence-electron chi connectivity index (χ1n) is 14.7. The maximum Gasteiger partial charge on any atom is 0.328 e. The molecule has 0 radical (unpaired) electrons. The minimum absolute atomic E-state index is 0. The van der Waals surface area contributed by atoms with Gasteiger partial charge in [0.15, 0.2) is 0 Å². The van der Waals surface area contributed by atoms with Gasteiger partial charge in [-0.15, -0.1) is 12.4 Å². The van der Waals surface area contributed by atoms with Gasteiger partial charge < -0.3 is 20.7 Å². The third-order valence-corrected chi connectivity index (χ3v) is 8.69. The van der Waals surface area contributed by atoms with Gasteiger partial charge in [0.2, 0.25) is 11.8 Å². The second-order valence-corrected chi connectivity index (χ2v) is 12.0. The van der Waals surface area contributed by atoms with Gasteiger partial charge in [0.25, 0.3) is 0 Å². The van der Waals surface area contributed by atoms with E-state index in [9.17, 15) is 14.4 Å². The number of carbonyl (C=O) groups excluding carboxylic acids is 3. The van der Waals surface area contributed by atoms with Crippen molar-refractivity contribution >= 4 is 52.7 Å². The third-order valence-electron chi connectivity index (χ3n) is 8.05. The van der Waals surface area contributed by atoms with Crippen LogP contribution in [0.3, 0.4) is 0 Å². The summed E-state index contributed by atoms with van der Waals surface area (Å²) in [6.45, 7) is 1.92. The number of fused-ring (bicyclic) bond motifs is 1. The lowest BCUT2D eigenvalue weighted by Crippen LogP contribution is -2.50. The number of nitrogens with zero attached hydrogens (tertiary/aromatic N) is 2. The van der Waals surface area contributed by atoms with Crippen molar-refractivity contribution in [2.24, 2.45) is 5.73 Å². The van der Waals surface area contributed by atoms with Crippen LogP contribution in [-0.4, -0.2) is 84.0 Å². The van der Waals surface area contributed by atoms with E-state index in [4.69, 9.17) is 10.5 Å². The van der Waals surface area contributed by atoms with E-state index in [1.807, 2.05) is 29.4 Å². The molecule has 1 saturated heterocycles. The van der Waals surface area contributed by atoms with E-state index in [2.05, 4.69) is 34.5 Å². The van der Waals surface area contributed by atoms with Crippen LogP contribution in [0.1, 0.15) is 56.9 Å². The molecule has 2 atom stereocenters. The number of thioether (sulfide) groups is 1. The average Bonchev–Trinajstić information content (AvgIpc) is 3.43. The summed E-state index contributed by atoms with van der Waals surface area (Å²) in [5.41, 5.74) is 6.81. The number of ether oxygens (including phenoxy) is 1. The molecule has 41 heavy (non-hydrogen) atoms. The van der Waals surface area contributed by atoms with Crippen molar-refractivity contribution in [3.05, 3.63) is 48.0 Å². The van der Waals surface area contributed by atoms with Gasteiger partial charge in [-0.1, -0.05) is 48.9 Å². The molecule has 10 heteroatoms. The molecule has 1 saturated carbocycles. The first-order valence-corrected chi connectivity index (χ1v) is 16.0. The van der Waals surface area contributed by atoms with Crippen LogP contribution < -0.4 is 11.1 Å². The Bertz CT molecular complexity index is 1140. The second-order valence-electron chi connectivity index (χ2n) is 11.0. The summed E-state index contributed by atoms with van der Waals surface area (Å²) < 4.78 is 5.83. The summed E-state index contributed by atoms with van der Waals surface area (Å²) in [5.74, 6) is 0.162. The Balaban J connectivity index is 0.00000462. The molecule has 226 valence electrons. The van der Waals surface area contributed by atoms with Gasteiger partial charge in [0.05, 0.1) is 13.1 Å². The fraction of sp³-hybridized carbons (Fsp3) is 0.581. The Morgan fingerprint density at radius 2 is 1.83 bits per heavy atom. The smallest absolute Gasteiger partial charge is 0.328 e. The Labute approximate surface area is 254 Å². The van der Waals surface area contributed by atoms with Crippen LogP contribution in [0.25, 0.3) is 10.8 Å². The van der Waals surface area contributed by atoms with E-state index < -0.39 is 6.04 Å². The zero-order chi connectivity index (χ0) is 28.3. The molecular formula is C31H45ClN4O4S. The topological polar surface area (TPSA) is 105 Å². The number of likely N-dealkylation sites (tertiary alicyclic amines) is 1. The Hall–Kier alpha value is -2.33. The van der Waals surface area contributed by atoms with Crippen LogP contribution in [0.2, 0.25) is 0 Å². The van der Waals surface area contributed by atoms with E-state index >= 15 is 0 Å². The number of carbonyl (C=O) groups is 3. The van der Waals surface area contributed by atoms with Crippen molar-refractivity contribution in [3.63, 3.8) is 0 Å². The molecule has 4 rings (SSSR count). The average molecular weight is 605 g/mol. The van der Waals surface area contributed by atoms with E-state index in [0.717, 1.165) is 60.6 Å². The molecule has 0 spiro atoms. The molecule has 0 bridgehead atoms. The monoisotopic (exact) mass is 604 g/mol. The van der Waals surface area contributed by atoms with Gasteiger partial charge in [-0.25, -0.2) is 4.79 Å². The van der Waals surface area contributed by atoms with Crippen LogP contribution >= 0.6 is 24.2 Å². The van der Waals surface area contributed by atoms with Crippen LogP contribution in [0.5, 0.6) is 0 Å². The lowest BCUT2D eigenvalue weighted by Gasteiger charge is -2.31. The van der Waals surface area contributed by atoms with Crippen molar-refractivity contribution in [1.29, 1.82) is 0 Å². The number of amides is 2. The summed E-state index contributed by atoms with van der Waals surface area (Å²) in [5, 5.41) is 5.29. The third kappa shape index (κ3) is 9.60. The zero-order valence-corrected chi connectivity index (χ0v) is 25.7. The Morgan fingerprint density at radius 1 is 1.07 bits per heavy atom. The van der Waals surface area contributed by atoms with Crippen molar-refractivity contribution in [2.45, 2.75) is 76.1 Å². The number of esters is 1. The maximum atomic E-state index is 13.5. The van der Waals surface area contributed by atoms with Gasteiger partial charge in [-0.3, -0.25) is 14.5 Å². The van der Waals surface area contributed by atoms with Gasteiger partial charge >= 0.3 is 5.97 Å². The largest absolute Gasteiger partial charge is 0.461 e. The summed E-state index contributed by atoms with van der Waals surface area (Å²) in [4.78, 5) is 43.0. The molecule has 2 amide bonds. The van der Waals surface area contributed by atoms with E-state index in [-0.39, 0.29) is 55.4 Å². The molecule has 3 N–H and O–H groups in total. The summed E-state index contributed by atoms with van der Waals surface area (Å²) in [6, 6.07) is 13.8. The highest BCUT2D eigenvalue weighted by molar-refractivity contribution is 7.98. The molecular weight excluding hydrogens is 560 g/mol. The van der Waals surface area contributed by atoms with Gasteiger partial charge in [0.1, 0.15) is 12.1 Å². The number of rotatable bonds is 13. The van der Waals surface area contributed by atoms with Crippen LogP contribution in [0.4, 0.5) is 0 Å². The van der Waals surface area contributed by atoms with E-state index in [1.165, 1.54) is 6.42 Å². The van der Waals surface area contributed by atoms with E-state index in [0.29, 0.717) is 26.1 Å². The minimum Gasteiger partial charge on any atom is -0.461 e. The lowest BCUT2D eigenvalue weighted by molar-refractivity contribution is -0.154. The number of hydrogen-bond acceptors (Lipinski definition) is 7. The maximum absolute atomic E-state index is 13.5. The Kier molecular flexibility index (Phi) is 13.7. The summed E-state index contributed by atoms with van der Waals surface area (Å²) in [6.07, 6.45) is 9.41. The van der Waals surface area contributed by atoms with Crippen LogP contribution in [-0.2, 0) is 25.7 Å². The molecule has 2 aliphatic rings. The predicted molar refractivity (Wildman–Crippen MR) is 168 cm³/mol. The highest BCUT2D eigenvalue weighted by Gasteiger charge is 2.31.